The van der Waals surface area contributed by atoms with E-state index in [0.29, 0.717) is 17.7 Å². The van der Waals surface area contributed by atoms with E-state index in [1.165, 1.54) is 7.11 Å². The fourth-order valence-corrected chi connectivity index (χ4v) is 1.96. The lowest BCUT2D eigenvalue weighted by molar-refractivity contribution is -0.151. The maximum Gasteiger partial charge on any atom is 0.318 e. The van der Waals surface area contributed by atoms with Gasteiger partial charge in [-0.1, -0.05) is 19.1 Å². The maximum atomic E-state index is 11.7. The van der Waals surface area contributed by atoms with Crippen LogP contribution >= 0.6 is 12.2 Å². The molecule has 84 valence electrons. The molecule has 15 heavy (non-hydrogen) atoms. The average molecular weight is 229 g/mol. The molecule has 0 aromatic rings. The van der Waals surface area contributed by atoms with Crippen molar-refractivity contribution in [1.29, 1.82) is 0 Å². The van der Waals surface area contributed by atoms with Gasteiger partial charge in [-0.2, -0.15) is 0 Å². The molecular weight excluding hydrogens is 214 g/mol. The van der Waals surface area contributed by atoms with E-state index in [-0.39, 0.29) is 17.9 Å². The van der Waals surface area contributed by atoms with Crippen LogP contribution in [0, 0.1) is 5.41 Å². The first-order valence-corrected chi connectivity index (χ1v) is 5.28. The van der Waals surface area contributed by atoms with Gasteiger partial charge in [0.25, 0.3) is 0 Å². The van der Waals surface area contributed by atoms with Crippen LogP contribution < -0.4 is 5.32 Å². The summed E-state index contributed by atoms with van der Waals surface area (Å²) in [5, 5.41) is 2.69. The van der Waals surface area contributed by atoms with Crippen molar-refractivity contribution in [3.63, 3.8) is 0 Å². The molecule has 1 heterocycles. The molecule has 0 bridgehead atoms. The monoisotopic (exact) mass is 229 g/mol. The smallest absolute Gasteiger partial charge is 0.318 e. The highest BCUT2D eigenvalue weighted by Crippen LogP contribution is 2.33. The van der Waals surface area contributed by atoms with Gasteiger partial charge in [0.1, 0.15) is 5.41 Å². The van der Waals surface area contributed by atoms with Gasteiger partial charge in [-0.05, 0) is 13.3 Å². The standard InChI is InChI=1S/C10H15NO3S/c1-4-7(15)10(2,9(13)14-3)6-5-8(12)11-6/h6H,4-5H2,1-3H3,(H,11,12). The van der Waals surface area contributed by atoms with Gasteiger partial charge in [0.2, 0.25) is 5.91 Å². The molecule has 4 nitrogen and oxygen atoms in total. The van der Waals surface area contributed by atoms with Crippen molar-refractivity contribution in [1.82, 2.24) is 5.32 Å². The summed E-state index contributed by atoms with van der Waals surface area (Å²) in [6, 6.07) is -0.218. The Morgan fingerprint density at radius 3 is 2.60 bits per heavy atom. The molecule has 1 amide bonds. The highest BCUT2D eigenvalue weighted by molar-refractivity contribution is 7.80. The van der Waals surface area contributed by atoms with Crippen LogP contribution in [0.5, 0.6) is 0 Å². The van der Waals surface area contributed by atoms with Gasteiger partial charge >= 0.3 is 5.97 Å². The third-order valence-electron chi connectivity index (χ3n) is 2.93. The van der Waals surface area contributed by atoms with E-state index in [2.05, 4.69) is 5.32 Å². The van der Waals surface area contributed by atoms with Crippen LogP contribution in [0.1, 0.15) is 26.7 Å². The summed E-state index contributed by atoms with van der Waals surface area (Å²) in [6.07, 6.45) is 0.957. The second-order valence-corrected chi connectivity index (χ2v) is 4.29. The molecule has 5 heteroatoms. The number of β-lactam (4-membered cyclic amide) rings is 1. The van der Waals surface area contributed by atoms with E-state index in [1.54, 1.807) is 6.92 Å². The molecule has 1 N–H and O–H groups in total. The lowest BCUT2D eigenvalue weighted by atomic mass is 9.73. The molecule has 0 aliphatic carbocycles. The minimum absolute atomic E-state index is 0.0472. The molecule has 1 rings (SSSR count). The van der Waals surface area contributed by atoms with Crippen LogP contribution in [0.3, 0.4) is 0 Å². The Morgan fingerprint density at radius 2 is 2.27 bits per heavy atom. The van der Waals surface area contributed by atoms with E-state index in [4.69, 9.17) is 17.0 Å². The van der Waals surface area contributed by atoms with Gasteiger partial charge in [-0.15, -0.1) is 0 Å². The predicted octanol–water partition coefficient (Wildman–Crippen LogP) is 0.834. The SMILES string of the molecule is CCC(=S)C(C)(C(=O)OC)C1CC(=O)N1. The number of carbonyl (C=O) groups is 2. The quantitative estimate of drug-likeness (QED) is 0.441. The molecule has 0 aromatic heterocycles. The lowest BCUT2D eigenvalue weighted by Crippen LogP contribution is -2.62. The molecule has 0 spiro atoms. The summed E-state index contributed by atoms with van der Waals surface area (Å²) in [4.78, 5) is 23.2. The van der Waals surface area contributed by atoms with Crippen LogP contribution in [0.4, 0.5) is 0 Å². The lowest BCUT2D eigenvalue weighted by Gasteiger charge is -2.40. The number of ether oxygens (including phenoxy) is 1. The first-order chi connectivity index (χ1) is 6.96. The molecule has 1 aliphatic heterocycles. The largest absolute Gasteiger partial charge is 0.468 e. The summed E-state index contributed by atoms with van der Waals surface area (Å²) in [5.41, 5.74) is -0.868. The number of amides is 1. The third kappa shape index (κ3) is 1.88. The predicted molar refractivity (Wildman–Crippen MR) is 59.6 cm³/mol. The molecule has 0 saturated carbocycles. The van der Waals surface area contributed by atoms with Gasteiger partial charge in [0.05, 0.1) is 13.2 Å². The van der Waals surface area contributed by atoms with Gasteiger partial charge in [0.15, 0.2) is 0 Å². The summed E-state index contributed by atoms with van der Waals surface area (Å²) < 4.78 is 4.75. The third-order valence-corrected chi connectivity index (χ3v) is 3.64. The number of methoxy groups -OCH3 is 1. The van der Waals surface area contributed by atoms with Crippen LogP contribution in [0.15, 0.2) is 0 Å². The van der Waals surface area contributed by atoms with Gasteiger partial charge < -0.3 is 10.1 Å². The fourth-order valence-electron chi connectivity index (χ4n) is 1.74. The van der Waals surface area contributed by atoms with Crippen LogP contribution in [0.25, 0.3) is 0 Å². The van der Waals surface area contributed by atoms with Crippen LogP contribution in [0.2, 0.25) is 0 Å². The van der Waals surface area contributed by atoms with Crippen molar-refractivity contribution in [2.45, 2.75) is 32.7 Å². The van der Waals surface area contributed by atoms with Gasteiger partial charge in [-0.3, -0.25) is 9.59 Å². The van der Waals surface area contributed by atoms with Crippen molar-refractivity contribution in [2.24, 2.45) is 5.41 Å². The Balaban J connectivity index is 2.91. The van der Waals surface area contributed by atoms with E-state index >= 15 is 0 Å². The molecule has 0 aromatic carbocycles. The normalized spacial score (nSPS) is 23.4. The second kappa shape index (κ2) is 4.26. The number of hydrogen-bond donors (Lipinski definition) is 1. The second-order valence-electron chi connectivity index (χ2n) is 3.79. The van der Waals surface area contributed by atoms with Crippen LogP contribution in [-0.4, -0.2) is 29.9 Å². The summed E-state index contributed by atoms with van der Waals surface area (Å²) >= 11 is 5.20. The minimum atomic E-state index is -0.868. The molecular formula is C10H15NO3S. The highest BCUT2D eigenvalue weighted by Gasteiger charge is 2.50. The molecule has 1 saturated heterocycles. The zero-order valence-corrected chi connectivity index (χ0v) is 9.94. The average Bonchev–Trinajstić information content (AvgIpc) is 2.21. The van der Waals surface area contributed by atoms with Crippen LogP contribution in [-0.2, 0) is 14.3 Å². The fraction of sp³-hybridized carbons (Fsp3) is 0.700. The van der Waals surface area contributed by atoms with E-state index < -0.39 is 5.41 Å². The van der Waals surface area contributed by atoms with Crippen molar-refractivity contribution in [2.75, 3.05) is 7.11 Å². The molecule has 2 atom stereocenters. The van der Waals surface area contributed by atoms with Crippen molar-refractivity contribution in [3.8, 4) is 0 Å². The topological polar surface area (TPSA) is 55.4 Å². The summed E-state index contributed by atoms with van der Waals surface area (Å²) in [7, 11) is 1.33. The Hall–Kier alpha value is -0.970. The van der Waals surface area contributed by atoms with E-state index in [1.807, 2.05) is 6.92 Å². The number of carbonyl (C=O) groups excluding carboxylic acids is 2. The Kier molecular flexibility index (Phi) is 3.44. The molecule has 1 aliphatic rings. The Morgan fingerprint density at radius 1 is 1.73 bits per heavy atom. The first kappa shape index (κ1) is 12.1. The summed E-state index contributed by atoms with van der Waals surface area (Å²) in [5.74, 6) is -0.423. The maximum absolute atomic E-state index is 11.7. The van der Waals surface area contributed by atoms with Gasteiger partial charge in [0, 0.05) is 11.3 Å². The van der Waals surface area contributed by atoms with Gasteiger partial charge in [-0.25, -0.2) is 0 Å². The first-order valence-electron chi connectivity index (χ1n) is 4.87. The zero-order chi connectivity index (χ0) is 11.6. The summed E-state index contributed by atoms with van der Waals surface area (Å²) in [6.45, 7) is 3.62. The molecule has 1 fully saturated rings. The number of nitrogens with one attached hydrogen (secondary N) is 1. The zero-order valence-electron chi connectivity index (χ0n) is 9.12. The van der Waals surface area contributed by atoms with Crippen molar-refractivity contribution in [3.05, 3.63) is 0 Å². The minimum Gasteiger partial charge on any atom is -0.468 e. The molecule has 0 radical (unpaired) electrons. The van der Waals surface area contributed by atoms with E-state index in [9.17, 15) is 9.59 Å². The molecule has 2 unspecified atom stereocenters. The Bertz CT molecular complexity index is 290. The van der Waals surface area contributed by atoms with Crippen molar-refractivity contribution >= 4 is 29.0 Å². The number of esters is 1. The number of thiocarbonyl (C=S) groups is 1. The van der Waals surface area contributed by atoms with E-state index in [0.717, 1.165) is 0 Å². The number of rotatable bonds is 4. The highest BCUT2D eigenvalue weighted by atomic mass is 32.1. The number of hydrogen-bond acceptors (Lipinski definition) is 4. The Labute approximate surface area is 94.4 Å². The van der Waals surface area contributed by atoms with Crippen molar-refractivity contribution < 1.29 is 14.3 Å².